The second-order valence-corrected chi connectivity index (χ2v) is 5.40. The van der Waals surface area contributed by atoms with Crippen molar-refractivity contribution in [2.75, 3.05) is 33.6 Å². The van der Waals surface area contributed by atoms with Crippen LogP contribution in [0.25, 0.3) is 10.4 Å². The molecule has 6 nitrogen and oxygen atoms in total. The number of anilines is 1. The second kappa shape index (κ2) is 9.60. The fourth-order valence-electron chi connectivity index (χ4n) is 1.72. The number of nitrogens with two attached hydrogens (primary N) is 1. The number of ether oxygens (including phenoxy) is 2. The summed E-state index contributed by atoms with van der Waals surface area (Å²) in [7, 11) is 4.52. The summed E-state index contributed by atoms with van der Waals surface area (Å²) in [5.41, 5.74) is 7.59. The molecular weight excluding hydrogens is 316 g/mol. The van der Waals surface area contributed by atoms with Crippen molar-refractivity contribution < 1.29 is 19.1 Å². The van der Waals surface area contributed by atoms with Crippen LogP contribution in [-0.4, -0.2) is 39.8 Å². The third-order valence-corrected chi connectivity index (χ3v) is 3.60. The lowest BCUT2D eigenvalue weighted by Gasteiger charge is -2.09. The predicted octanol–water partition coefficient (Wildman–Crippen LogP) is 2.16. The van der Waals surface area contributed by atoms with Crippen molar-refractivity contribution >= 4 is 28.9 Å². The molecule has 7 heteroatoms. The van der Waals surface area contributed by atoms with Crippen LogP contribution in [0.5, 0.6) is 0 Å². The number of nitrogen functional groups attached to an aromatic ring is 1. The van der Waals surface area contributed by atoms with E-state index in [4.69, 9.17) is 5.73 Å². The van der Waals surface area contributed by atoms with Gasteiger partial charge in [0.15, 0.2) is 0 Å². The van der Waals surface area contributed by atoms with Gasteiger partial charge in [-0.05, 0) is 29.6 Å². The lowest BCUT2D eigenvalue weighted by Crippen LogP contribution is -2.30. The first kappa shape index (κ1) is 18.7. The summed E-state index contributed by atoms with van der Waals surface area (Å²) in [5.74, 6) is -0.828. The van der Waals surface area contributed by atoms with Crippen molar-refractivity contribution in [3.63, 3.8) is 0 Å². The van der Waals surface area contributed by atoms with Gasteiger partial charge in [0, 0.05) is 35.9 Å². The molecule has 0 unspecified atom stereocenters. The molecule has 0 saturated heterocycles. The van der Waals surface area contributed by atoms with Gasteiger partial charge in [-0.3, -0.25) is 9.59 Å². The molecule has 23 heavy (non-hydrogen) atoms. The first-order chi connectivity index (χ1) is 11.0. The van der Waals surface area contributed by atoms with Gasteiger partial charge in [0.1, 0.15) is 6.54 Å². The summed E-state index contributed by atoms with van der Waals surface area (Å²) in [5, 5.41) is 4.45. The summed E-state index contributed by atoms with van der Waals surface area (Å²) in [6.45, 7) is -0.163. The summed E-state index contributed by atoms with van der Waals surface area (Å²) < 4.78 is 8.74. The quantitative estimate of drug-likeness (QED) is 0.659. The zero-order chi connectivity index (χ0) is 17.2. The van der Waals surface area contributed by atoms with Crippen LogP contribution in [0.3, 0.4) is 0 Å². The topological polar surface area (TPSA) is 90.6 Å². The fraction of sp³-hybridized carbons (Fsp3) is 0.250. The monoisotopic (exact) mass is 336 g/mol. The minimum absolute atomic E-state index is 0.163. The van der Waals surface area contributed by atoms with Crippen LogP contribution < -0.4 is 11.1 Å². The number of benzene rings is 1. The molecule has 1 amide bonds. The van der Waals surface area contributed by atoms with Gasteiger partial charge in [-0.2, -0.15) is 0 Å². The Balaban J connectivity index is 0.000000816. The molecule has 0 aliphatic heterocycles. The van der Waals surface area contributed by atoms with Gasteiger partial charge in [-0.15, -0.1) is 11.3 Å². The van der Waals surface area contributed by atoms with Gasteiger partial charge in [0.25, 0.3) is 5.91 Å². The molecule has 1 aromatic carbocycles. The molecular formula is C16H20N2O4S. The van der Waals surface area contributed by atoms with Crippen molar-refractivity contribution in [2.24, 2.45) is 0 Å². The third kappa shape index (κ3) is 5.72. The van der Waals surface area contributed by atoms with Crippen molar-refractivity contribution in [3.8, 4) is 10.4 Å². The van der Waals surface area contributed by atoms with E-state index in [-0.39, 0.29) is 12.5 Å². The number of carbonyl (C=O) groups excluding carboxylic acids is 2. The van der Waals surface area contributed by atoms with E-state index in [1.165, 1.54) is 18.4 Å². The van der Waals surface area contributed by atoms with Crippen molar-refractivity contribution in [1.82, 2.24) is 5.32 Å². The smallest absolute Gasteiger partial charge is 0.325 e. The lowest BCUT2D eigenvalue weighted by atomic mass is 10.0. The normalized spacial score (nSPS) is 9.52. The maximum Gasteiger partial charge on any atom is 0.325 e. The molecule has 1 aromatic heterocycles. The Morgan fingerprint density at radius 3 is 2.48 bits per heavy atom. The number of methoxy groups -OCH3 is 2. The van der Waals surface area contributed by atoms with Crippen LogP contribution in [0.15, 0.2) is 35.7 Å². The molecule has 0 saturated carbocycles. The Labute approximate surface area is 139 Å². The van der Waals surface area contributed by atoms with Crippen molar-refractivity contribution in [1.29, 1.82) is 0 Å². The first-order valence-electron chi connectivity index (χ1n) is 6.72. The predicted molar refractivity (Wildman–Crippen MR) is 91.4 cm³/mol. The van der Waals surface area contributed by atoms with E-state index in [0.717, 1.165) is 10.4 Å². The van der Waals surface area contributed by atoms with Gasteiger partial charge in [-0.1, -0.05) is 6.07 Å². The molecule has 1 heterocycles. The third-order valence-electron chi connectivity index (χ3n) is 2.70. The molecule has 0 aliphatic carbocycles. The second-order valence-electron chi connectivity index (χ2n) is 4.45. The maximum absolute atomic E-state index is 12.1. The highest BCUT2D eigenvalue weighted by Crippen LogP contribution is 2.29. The molecule has 3 N–H and O–H groups in total. The first-order valence-corrected chi connectivity index (χ1v) is 7.60. The average molecular weight is 336 g/mol. The molecule has 0 spiro atoms. The Bertz CT molecular complexity index is 642. The lowest BCUT2D eigenvalue weighted by molar-refractivity contribution is -0.139. The van der Waals surface area contributed by atoms with Crippen LogP contribution in [0.1, 0.15) is 10.4 Å². The summed E-state index contributed by atoms with van der Waals surface area (Å²) >= 11 is 1.52. The summed E-state index contributed by atoms with van der Waals surface area (Å²) in [4.78, 5) is 24.1. The Morgan fingerprint density at radius 2 is 1.91 bits per heavy atom. The number of carbonyl (C=O) groups is 2. The molecule has 0 radical (unpaired) electrons. The highest BCUT2D eigenvalue weighted by atomic mass is 32.1. The largest absolute Gasteiger partial charge is 0.468 e. The average Bonchev–Trinajstić information content (AvgIpc) is 3.07. The summed E-state index contributed by atoms with van der Waals surface area (Å²) in [6.07, 6.45) is 0. The van der Waals surface area contributed by atoms with Crippen molar-refractivity contribution in [2.45, 2.75) is 0 Å². The molecule has 0 bridgehead atoms. The fourth-order valence-corrected chi connectivity index (χ4v) is 2.47. The molecule has 124 valence electrons. The van der Waals surface area contributed by atoms with Gasteiger partial charge in [0.2, 0.25) is 0 Å². The van der Waals surface area contributed by atoms with Crippen LogP contribution in [0.4, 0.5) is 5.69 Å². The Hall–Kier alpha value is -2.38. The number of esters is 1. The van der Waals surface area contributed by atoms with Gasteiger partial charge < -0.3 is 20.5 Å². The number of hydrogen-bond acceptors (Lipinski definition) is 6. The number of thiophene rings is 1. The molecule has 2 aromatic rings. The maximum atomic E-state index is 12.1. The van der Waals surface area contributed by atoms with Gasteiger partial charge >= 0.3 is 5.97 Å². The van der Waals surface area contributed by atoms with E-state index >= 15 is 0 Å². The molecule has 0 atom stereocenters. The molecule has 0 aliphatic rings. The van der Waals surface area contributed by atoms with Crippen LogP contribution in [0.2, 0.25) is 0 Å². The van der Waals surface area contributed by atoms with Crippen LogP contribution in [-0.2, 0) is 14.3 Å². The summed E-state index contributed by atoms with van der Waals surface area (Å²) in [6, 6.07) is 8.87. The zero-order valence-electron chi connectivity index (χ0n) is 13.3. The minimum Gasteiger partial charge on any atom is -0.468 e. The molecule has 2 rings (SSSR count). The van der Waals surface area contributed by atoms with Crippen LogP contribution in [0, 0.1) is 0 Å². The number of rotatable bonds is 4. The highest BCUT2D eigenvalue weighted by Gasteiger charge is 2.14. The molecule has 0 fully saturated rings. The van der Waals surface area contributed by atoms with Crippen LogP contribution >= 0.6 is 11.3 Å². The Kier molecular flexibility index (Phi) is 7.79. The van der Waals surface area contributed by atoms with Crippen molar-refractivity contribution in [3.05, 3.63) is 41.3 Å². The minimum atomic E-state index is -0.494. The van der Waals surface area contributed by atoms with E-state index < -0.39 is 5.97 Å². The number of nitrogens with one attached hydrogen (secondary N) is 1. The van der Waals surface area contributed by atoms with E-state index in [1.807, 2.05) is 17.5 Å². The zero-order valence-corrected chi connectivity index (χ0v) is 14.1. The highest BCUT2D eigenvalue weighted by molar-refractivity contribution is 7.13. The van der Waals surface area contributed by atoms with Gasteiger partial charge in [0.05, 0.1) is 7.11 Å². The van der Waals surface area contributed by atoms with Gasteiger partial charge in [-0.25, -0.2) is 0 Å². The number of hydrogen-bond donors (Lipinski definition) is 2. The SMILES string of the molecule is COC.COC(=O)CNC(=O)c1ccc(N)cc1-c1cccs1. The van der Waals surface area contributed by atoms with E-state index in [1.54, 1.807) is 32.4 Å². The number of amides is 1. The van der Waals surface area contributed by atoms with E-state index in [0.29, 0.717) is 11.3 Å². The van der Waals surface area contributed by atoms with E-state index in [2.05, 4.69) is 14.8 Å². The Morgan fingerprint density at radius 1 is 1.22 bits per heavy atom. The van der Waals surface area contributed by atoms with E-state index in [9.17, 15) is 9.59 Å². The standard InChI is InChI=1S/C14H14N2O3S.C2H6O/c1-19-13(17)8-16-14(18)10-5-4-9(15)7-11(10)12-3-2-6-20-12;1-3-2/h2-7H,8,15H2,1H3,(H,16,18);1-2H3.